The maximum absolute atomic E-state index is 13.5. The Balaban J connectivity index is 0.00000220. The van der Waals surface area contributed by atoms with Crippen molar-refractivity contribution in [3.63, 3.8) is 0 Å². The summed E-state index contributed by atoms with van der Waals surface area (Å²) in [5.74, 6) is 0.426. The molecule has 0 aliphatic rings. The van der Waals surface area contributed by atoms with Crippen molar-refractivity contribution in [1.29, 1.82) is 0 Å². The van der Waals surface area contributed by atoms with E-state index < -0.39 is 0 Å². The fourth-order valence-electron chi connectivity index (χ4n) is 1.70. The van der Waals surface area contributed by atoms with Gasteiger partial charge in [-0.2, -0.15) is 0 Å². The highest BCUT2D eigenvalue weighted by molar-refractivity contribution is 14.0. The third kappa shape index (κ3) is 5.24. The average molecular weight is 420 g/mol. The first-order chi connectivity index (χ1) is 9.70. The lowest BCUT2D eigenvalue weighted by Gasteiger charge is -2.11. The Bertz CT molecular complexity index is 600. The number of benzene rings is 1. The van der Waals surface area contributed by atoms with E-state index in [4.69, 9.17) is 0 Å². The maximum atomic E-state index is 13.5. The molecule has 21 heavy (non-hydrogen) atoms. The van der Waals surface area contributed by atoms with E-state index in [1.165, 1.54) is 10.9 Å². The number of nitrogens with zero attached hydrogens (tertiary/aromatic N) is 2. The largest absolute Gasteiger partial charge is 0.352 e. The van der Waals surface area contributed by atoms with Crippen molar-refractivity contribution < 1.29 is 4.39 Å². The van der Waals surface area contributed by atoms with Crippen molar-refractivity contribution in [1.82, 2.24) is 15.6 Å². The van der Waals surface area contributed by atoms with Gasteiger partial charge in [0.15, 0.2) is 5.96 Å². The van der Waals surface area contributed by atoms with E-state index in [1.54, 1.807) is 30.5 Å². The van der Waals surface area contributed by atoms with E-state index >= 15 is 0 Å². The number of thiazole rings is 1. The fourth-order valence-corrected chi connectivity index (χ4v) is 2.42. The van der Waals surface area contributed by atoms with Gasteiger partial charge in [-0.3, -0.25) is 4.99 Å². The number of nitrogens with one attached hydrogen (secondary N) is 2. The van der Waals surface area contributed by atoms with E-state index in [9.17, 15) is 4.39 Å². The molecule has 0 atom stereocenters. The Morgan fingerprint density at radius 2 is 2.00 bits per heavy atom. The molecule has 0 radical (unpaired) electrons. The van der Waals surface area contributed by atoms with E-state index in [1.807, 2.05) is 18.5 Å². The second kappa shape index (κ2) is 8.93. The number of hydrogen-bond acceptors (Lipinski definition) is 3. The summed E-state index contributed by atoms with van der Waals surface area (Å²) < 4.78 is 13.5. The number of guanidine groups is 1. The fraction of sp³-hybridized carbons (Fsp3) is 0.286. The number of aliphatic imine (C=N–C) groups is 1. The first-order valence-corrected chi connectivity index (χ1v) is 7.15. The molecular formula is C14H18FIN4S. The zero-order valence-corrected chi connectivity index (χ0v) is 15.0. The number of aryl methyl sites for hydroxylation is 1. The summed E-state index contributed by atoms with van der Waals surface area (Å²) in [4.78, 5) is 9.48. The molecule has 0 bridgehead atoms. The molecule has 4 nitrogen and oxygen atoms in total. The van der Waals surface area contributed by atoms with Crippen molar-refractivity contribution in [3.05, 3.63) is 51.7 Å². The summed E-state index contributed by atoms with van der Waals surface area (Å²) in [5.41, 5.74) is 3.46. The van der Waals surface area contributed by atoms with Crippen LogP contribution in [0.5, 0.6) is 0 Å². The van der Waals surface area contributed by atoms with Crippen LogP contribution in [-0.2, 0) is 13.1 Å². The smallest absolute Gasteiger partial charge is 0.191 e. The molecule has 0 saturated carbocycles. The molecule has 7 heteroatoms. The standard InChI is InChI=1S/C14H17FN4S.HI/c1-10-13(20-9-19-10)8-18-14(16-2)17-7-11-5-3-4-6-12(11)15;/h3-6,9H,7-8H2,1-2H3,(H2,16,17,18);1H. The predicted molar refractivity (Wildman–Crippen MR) is 95.7 cm³/mol. The average Bonchev–Trinajstić information content (AvgIpc) is 2.86. The van der Waals surface area contributed by atoms with Gasteiger partial charge in [0.25, 0.3) is 0 Å². The Morgan fingerprint density at radius 3 is 2.62 bits per heavy atom. The summed E-state index contributed by atoms with van der Waals surface area (Å²) in [7, 11) is 1.69. The van der Waals surface area contributed by atoms with Crippen LogP contribution < -0.4 is 10.6 Å². The number of hydrogen-bond donors (Lipinski definition) is 2. The van der Waals surface area contributed by atoms with Crippen LogP contribution in [0.15, 0.2) is 34.8 Å². The molecular weight excluding hydrogens is 402 g/mol. The molecule has 0 spiro atoms. The monoisotopic (exact) mass is 420 g/mol. The van der Waals surface area contributed by atoms with Gasteiger partial charge in [-0.15, -0.1) is 35.3 Å². The molecule has 0 aliphatic carbocycles. The zero-order chi connectivity index (χ0) is 14.4. The first-order valence-electron chi connectivity index (χ1n) is 6.27. The quantitative estimate of drug-likeness (QED) is 0.454. The van der Waals surface area contributed by atoms with Gasteiger partial charge >= 0.3 is 0 Å². The molecule has 0 amide bonds. The topological polar surface area (TPSA) is 49.3 Å². The van der Waals surface area contributed by atoms with E-state index in [-0.39, 0.29) is 29.8 Å². The van der Waals surface area contributed by atoms with Crippen LogP contribution in [0.2, 0.25) is 0 Å². The lowest BCUT2D eigenvalue weighted by molar-refractivity contribution is 0.604. The Labute approximate surface area is 144 Å². The molecule has 1 heterocycles. The summed E-state index contributed by atoms with van der Waals surface area (Å²) in [6.07, 6.45) is 0. The molecule has 0 saturated heterocycles. The lowest BCUT2D eigenvalue weighted by atomic mass is 10.2. The molecule has 1 aromatic heterocycles. The van der Waals surface area contributed by atoms with Gasteiger partial charge in [0, 0.05) is 24.0 Å². The van der Waals surface area contributed by atoms with Crippen LogP contribution >= 0.6 is 35.3 Å². The molecule has 114 valence electrons. The lowest BCUT2D eigenvalue weighted by Crippen LogP contribution is -2.36. The van der Waals surface area contributed by atoms with Gasteiger partial charge in [-0.1, -0.05) is 18.2 Å². The van der Waals surface area contributed by atoms with Crippen LogP contribution in [0.3, 0.4) is 0 Å². The third-order valence-corrected chi connectivity index (χ3v) is 3.82. The maximum Gasteiger partial charge on any atom is 0.191 e. The van der Waals surface area contributed by atoms with Gasteiger partial charge < -0.3 is 10.6 Å². The van der Waals surface area contributed by atoms with Crippen LogP contribution in [0, 0.1) is 12.7 Å². The molecule has 2 aromatic rings. The van der Waals surface area contributed by atoms with Gasteiger partial charge in [0.1, 0.15) is 5.82 Å². The molecule has 0 aliphatic heterocycles. The highest BCUT2D eigenvalue weighted by atomic mass is 127. The minimum atomic E-state index is -0.214. The molecule has 2 rings (SSSR count). The van der Waals surface area contributed by atoms with Crippen molar-refractivity contribution in [2.75, 3.05) is 7.05 Å². The van der Waals surface area contributed by atoms with Gasteiger partial charge in [-0.25, -0.2) is 9.37 Å². The van der Waals surface area contributed by atoms with E-state index in [0.717, 1.165) is 5.69 Å². The van der Waals surface area contributed by atoms with Crippen LogP contribution in [0.1, 0.15) is 16.1 Å². The second-order valence-corrected chi connectivity index (χ2v) is 5.17. The van der Waals surface area contributed by atoms with Crippen molar-refractivity contribution in [3.8, 4) is 0 Å². The minimum Gasteiger partial charge on any atom is -0.352 e. The highest BCUT2D eigenvalue weighted by Gasteiger charge is 2.04. The highest BCUT2D eigenvalue weighted by Crippen LogP contribution is 2.11. The van der Waals surface area contributed by atoms with Crippen LogP contribution in [0.4, 0.5) is 4.39 Å². The van der Waals surface area contributed by atoms with Crippen molar-refractivity contribution in [2.24, 2.45) is 4.99 Å². The third-order valence-electron chi connectivity index (χ3n) is 2.89. The van der Waals surface area contributed by atoms with E-state index in [0.29, 0.717) is 24.6 Å². The summed E-state index contributed by atoms with van der Waals surface area (Å²) in [5, 5.41) is 6.28. The van der Waals surface area contributed by atoms with Crippen LogP contribution in [-0.4, -0.2) is 18.0 Å². The van der Waals surface area contributed by atoms with Gasteiger partial charge in [-0.05, 0) is 13.0 Å². The number of aromatic nitrogens is 1. The normalized spacial score (nSPS) is 10.9. The number of rotatable bonds is 4. The Hall–Kier alpha value is -1.22. The van der Waals surface area contributed by atoms with Crippen LogP contribution in [0.25, 0.3) is 0 Å². The van der Waals surface area contributed by atoms with Gasteiger partial charge in [0.05, 0.1) is 17.7 Å². The number of halogens is 2. The van der Waals surface area contributed by atoms with Crippen molar-refractivity contribution >= 4 is 41.3 Å². The SMILES string of the molecule is CN=C(NCc1ccccc1F)NCc1scnc1C.I. The summed E-state index contributed by atoms with van der Waals surface area (Å²) in [6.45, 7) is 3.03. The minimum absolute atomic E-state index is 0. The molecule has 1 aromatic carbocycles. The van der Waals surface area contributed by atoms with E-state index in [2.05, 4.69) is 20.6 Å². The predicted octanol–water partition coefficient (Wildman–Crippen LogP) is 3.07. The molecule has 0 fully saturated rings. The molecule has 0 unspecified atom stereocenters. The summed E-state index contributed by atoms with van der Waals surface area (Å²) in [6, 6.07) is 6.70. The van der Waals surface area contributed by atoms with Crippen molar-refractivity contribution in [2.45, 2.75) is 20.0 Å². The second-order valence-electron chi connectivity index (χ2n) is 4.23. The molecule has 2 N–H and O–H groups in total. The first kappa shape index (κ1) is 17.8. The Kier molecular flexibility index (Phi) is 7.58. The zero-order valence-electron chi connectivity index (χ0n) is 11.9. The van der Waals surface area contributed by atoms with Gasteiger partial charge in [0.2, 0.25) is 0 Å². The Morgan fingerprint density at radius 1 is 1.29 bits per heavy atom. The summed E-state index contributed by atoms with van der Waals surface area (Å²) >= 11 is 1.60.